The Kier molecular flexibility index (Phi) is 15.6. The zero-order valence-electron chi connectivity index (χ0n) is 64.3. The lowest BCUT2D eigenvalue weighted by Crippen LogP contribution is -2.62. The molecule has 0 atom stereocenters. The van der Waals surface area contributed by atoms with Gasteiger partial charge in [0.25, 0.3) is 6.71 Å². The number of para-hydroxylation sites is 6. The third-order valence-corrected chi connectivity index (χ3v) is 23.0. The van der Waals surface area contributed by atoms with Crippen LogP contribution in [0.25, 0.3) is 99.5 Å². The highest BCUT2D eigenvalue weighted by Crippen LogP contribution is 2.56. The Morgan fingerprint density at radius 1 is 0.238 bits per heavy atom. The van der Waals surface area contributed by atoms with Crippen molar-refractivity contribution >= 4 is 101 Å². The third-order valence-electron chi connectivity index (χ3n) is 23.0. The smallest absolute Gasteiger partial charge is 0.252 e. The van der Waals surface area contributed by atoms with Gasteiger partial charge in [-0.2, -0.15) is 0 Å². The zero-order chi connectivity index (χ0) is 73.1. The molecule has 4 nitrogen and oxygen atoms in total. The standard InChI is InChI=1S/C100H95BN4/c1-62-83(102-85-48-22-18-40-77(85)78-41-19-23-49-86(78)102)54-52-81-92(62)104(94-73(64-32-26-36-68(56-64)96(3,4)5)44-30-45-74(94)65-33-27-37-69(57-65)97(6,7)8)89-60-72(100(15,16)17)61-90-91(89)101(81)82-53-55-84(103-87-50-24-20-42-79(87)80-43-21-25-51-88(80)103)63(2)93(82)105(90)95-75(66-34-28-38-70(58-66)98(9,10)11)46-31-47-76(95)67-35-29-39-71(59-67)99(12,13)14/h18-61H,1-17H3. The van der Waals surface area contributed by atoms with Gasteiger partial charge < -0.3 is 18.9 Å². The number of nitrogens with zero attached hydrogens (tertiary/aromatic N) is 4. The molecule has 4 heterocycles. The first kappa shape index (κ1) is 67.3. The summed E-state index contributed by atoms with van der Waals surface area (Å²) in [6.07, 6.45) is 0. The van der Waals surface area contributed by atoms with Crippen LogP contribution in [0.1, 0.15) is 143 Å². The van der Waals surface area contributed by atoms with Crippen LogP contribution >= 0.6 is 0 Å². The SMILES string of the molecule is Cc1c(-n2c3ccccc3c3ccccc32)ccc2c1N(c1c(-c3cccc(C(C)(C)C)c3)cccc1-c1cccc(C(C)(C)C)c1)c1cc(C(C)(C)C)cc3c1B2c1ccc(-n2c4ccccc4c4ccccc42)c(C)c1N3c1c(-c2cccc(C(C)(C)C)c2)cccc1-c1cccc(C(C)(C)C)c1. The minimum absolute atomic E-state index is 0.110. The summed E-state index contributed by atoms with van der Waals surface area (Å²) in [5.41, 5.74) is 35.3. The minimum atomic E-state index is -0.340. The Balaban J connectivity index is 1.08. The maximum absolute atomic E-state index is 2.79. The molecule has 0 N–H and O–H groups in total. The van der Waals surface area contributed by atoms with Gasteiger partial charge >= 0.3 is 0 Å². The van der Waals surface area contributed by atoms with Crippen LogP contribution in [0.4, 0.5) is 34.1 Å². The van der Waals surface area contributed by atoms with Crippen LogP contribution < -0.4 is 26.2 Å². The highest BCUT2D eigenvalue weighted by molar-refractivity contribution is 7.00. The summed E-state index contributed by atoms with van der Waals surface area (Å²) in [6.45, 7) is 40.0. The first-order chi connectivity index (χ1) is 50.1. The maximum atomic E-state index is 2.79. The summed E-state index contributed by atoms with van der Waals surface area (Å²) < 4.78 is 5.11. The van der Waals surface area contributed by atoms with E-state index in [-0.39, 0.29) is 33.8 Å². The molecule has 0 fully saturated rings. The molecular formula is C100H95BN4. The quantitative estimate of drug-likeness (QED) is 0.141. The Morgan fingerprint density at radius 3 is 0.781 bits per heavy atom. The number of rotatable bonds is 8. The van der Waals surface area contributed by atoms with Gasteiger partial charge in [0.1, 0.15) is 0 Å². The Hall–Kier alpha value is -10.9. The van der Waals surface area contributed by atoms with E-state index in [0.717, 1.165) is 22.7 Å². The van der Waals surface area contributed by atoms with Gasteiger partial charge in [0.05, 0.1) is 44.8 Å². The molecule has 13 aromatic carbocycles. The molecule has 17 rings (SSSR count). The third kappa shape index (κ3) is 11.0. The summed E-state index contributed by atoms with van der Waals surface area (Å²) in [4.78, 5) is 5.58. The predicted molar refractivity (Wildman–Crippen MR) is 454 cm³/mol. The first-order valence-electron chi connectivity index (χ1n) is 37.9. The molecule has 2 aliphatic heterocycles. The van der Waals surface area contributed by atoms with Crippen molar-refractivity contribution in [2.24, 2.45) is 0 Å². The van der Waals surface area contributed by atoms with Crippen LogP contribution in [-0.4, -0.2) is 15.8 Å². The average Bonchev–Trinajstić information content (AvgIpc) is 0.742. The number of hydrogen-bond acceptors (Lipinski definition) is 2. The van der Waals surface area contributed by atoms with E-state index in [1.807, 2.05) is 0 Å². The Morgan fingerprint density at radius 2 is 0.505 bits per heavy atom. The van der Waals surface area contributed by atoms with E-state index < -0.39 is 0 Å². The van der Waals surface area contributed by atoms with Gasteiger partial charge in [0.15, 0.2) is 0 Å². The molecule has 0 bridgehead atoms. The van der Waals surface area contributed by atoms with E-state index in [9.17, 15) is 0 Å². The fourth-order valence-electron chi connectivity index (χ4n) is 17.3. The molecule has 5 heteroatoms. The van der Waals surface area contributed by atoms with Gasteiger partial charge in [0.2, 0.25) is 0 Å². The van der Waals surface area contributed by atoms with E-state index in [1.165, 1.54) is 166 Å². The largest absolute Gasteiger partial charge is 0.310 e. The van der Waals surface area contributed by atoms with E-state index in [1.54, 1.807) is 0 Å². The zero-order valence-corrected chi connectivity index (χ0v) is 64.3. The van der Waals surface area contributed by atoms with Crippen molar-refractivity contribution in [3.63, 3.8) is 0 Å². The molecule has 0 aliphatic carbocycles. The molecule has 0 saturated carbocycles. The lowest BCUT2D eigenvalue weighted by molar-refractivity contribution is 0.590. The van der Waals surface area contributed by atoms with E-state index in [0.29, 0.717) is 0 Å². The van der Waals surface area contributed by atoms with Crippen molar-refractivity contribution in [2.45, 2.75) is 145 Å². The molecular weight excluding hydrogens is 1270 g/mol. The van der Waals surface area contributed by atoms with Crippen LogP contribution in [0.3, 0.4) is 0 Å². The second-order valence-corrected chi connectivity index (χ2v) is 35.0. The van der Waals surface area contributed by atoms with Crippen molar-refractivity contribution in [3.8, 4) is 55.9 Å². The first-order valence-corrected chi connectivity index (χ1v) is 37.9. The predicted octanol–water partition coefficient (Wildman–Crippen LogP) is 25.7. The second kappa shape index (κ2) is 24.4. The number of hydrogen-bond donors (Lipinski definition) is 0. The minimum Gasteiger partial charge on any atom is -0.310 e. The van der Waals surface area contributed by atoms with E-state index >= 15 is 0 Å². The van der Waals surface area contributed by atoms with Crippen LogP contribution in [0.15, 0.2) is 267 Å². The van der Waals surface area contributed by atoms with Gasteiger partial charge in [-0.25, -0.2) is 0 Å². The molecule has 15 aromatic rings. The summed E-state index contributed by atoms with van der Waals surface area (Å²) in [7, 11) is 0. The fraction of sp³-hybridized carbons (Fsp3) is 0.220. The van der Waals surface area contributed by atoms with Crippen LogP contribution in [0.2, 0.25) is 0 Å². The highest BCUT2D eigenvalue weighted by atomic mass is 15.2. The van der Waals surface area contributed by atoms with Crippen molar-refractivity contribution in [1.82, 2.24) is 9.13 Å². The summed E-state index contributed by atoms with van der Waals surface area (Å²) in [6, 6.07) is 103. The van der Waals surface area contributed by atoms with Crippen molar-refractivity contribution < 1.29 is 0 Å². The molecule has 0 spiro atoms. The average molecular weight is 1360 g/mol. The normalized spacial score (nSPS) is 13.3. The van der Waals surface area contributed by atoms with Gasteiger partial charge in [-0.1, -0.05) is 322 Å². The topological polar surface area (TPSA) is 16.3 Å². The van der Waals surface area contributed by atoms with Gasteiger partial charge in [-0.3, -0.25) is 0 Å². The fourth-order valence-corrected chi connectivity index (χ4v) is 17.3. The molecule has 0 radical (unpaired) electrons. The van der Waals surface area contributed by atoms with Crippen LogP contribution in [-0.2, 0) is 27.1 Å². The molecule has 0 unspecified atom stereocenters. The van der Waals surface area contributed by atoms with E-state index in [4.69, 9.17) is 0 Å². The molecule has 0 amide bonds. The maximum Gasteiger partial charge on any atom is 0.252 e. The molecule has 2 aliphatic rings. The molecule has 2 aromatic heterocycles. The highest BCUT2D eigenvalue weighted by Gasteiger charge is 2.48. The summed E-state index contributed by atoms with van der Waals surface area (Å²) >= 11 is 0. The molecule has 0 saturated heterocycles. The van der Waals surface area contributed by atoms with Gasteiger partial charge in [0, 0.05) is 66.5 Å². The monoisotopic (exact) mass is 1360 g/mol. The van der Waals surface area contributed by atoms with Gasteiger partial charge in [-0.15, -0.1) is 0 Å². The lowest BCUT2D eigenvalue weighted by atomic mass is 9.33. The van der Waals surface area contributed by atoms with Crippen LogP contribution in [0, 0.1) is 13.8 Å². The van der Waals surface area contributed by atoms with Crippen molar-refractivity contribution in [1.29, 1.82) is 0 Å². The number of anilines is 6. The molecule has 518 valence electrons. The van der Waals surface area contributed by atoms with Crippen molar-refractivity contribution in [2.75, 3.05) is 9.80 Å². The number of aromatic nitrogens is 2. The van der Waals surface area contributed by atoms with E-state index in [2.05, 4.69) is 404 Å². The molecule has 105 heavy (non-hydrogen) atoms. The lowest BCUT2D eigenvalue weighted by Gasteiger charge is -2.47. The van der Waals surface area contributed by atoms with Crippen molar-refractivity contribution in [3.05, 3.63) is 306 Å². The summed E-state index contributed by atoms with van der Waals surface area (Å²) in [5.74, 6) is 0. The summed E-state index contributed by atoms with van der Waals surface area (Å²) in [5, 5.41) is 4.95. The Labute approximate surface area is 622 Å². The number of benzene rings is 13. The number of fused-ring (bicyclic) bond motifs is 10. The van der Waals surface area contributed by atoms with Crippen LogP contribution in [0.5, 0.6) is 0 Å². The Bertz CT molecular complexity index is 5430. The van der Waals surface area contributed by atoms with Gasteiger partial charge in [-0.05, 0) is 167 Å². The second-order valence-electron chi connectivity index (χ2n) is 35.0.